The van der Waals surface area contributed by atoms with E-state index in [1.54, 1.807) is 30.3 Å². The Bertz CT molecular complexity index is 548. The molecule has 0 aliphatic rings. The zero-order valence-electron chi connectivity index (χ0n) is 12.4. The molecular formula is C17H22O3. The summed E-state index contributed by atoms with van der Waals surface area (Å²) in [6, 6.07) is 12.6. The molecular weight excluding hydrogens is 252 g/mol. The maximum atomic E-state index is 9.46. The standard InChI is InChI=1S/C10H14O.C7H8O2/c1-7(2)9-5-4-8(3)6-10(9)11;1-9-7-5-3-2-4-6(7)8/h4-7,11H,1-3H3;2-5,8H,1H3. The Labute approximate surface area is 120 Å². The average molecular weight is 274 g/mol. The van der Waals surface area contributed by atoms with Crippen LogP contribution in [0.5, 0.6) is 17.2 Å². The average Bonchev–Trinajstić information content (AvgIpc) is 2.39. The first-order chi connectivity index (χ1) is 9.45. The van der Waals surface area contributed by atoms with Crippen LogP contribution in [0.3, 0.4) is 0 Å². The lowest BCUT2D eigenvalue weighted by Gasteiger charge is -2.07. The zero-order chi connectivity index (χ0) is 15.1. The summed E-state index contributed by atoms with van der Waals surface area (Å²) < 4.78 is 4.79. The van der Waals surface area contributed by atoms with Gasteiger partial charge in [-0.15, -0.1) is 0 Å². The molecule has 3 nitrogen and oxygen atoms in total. The molecule has 0 unspecified atom stereocenters. The number of hydrogen-bond donors (Lipinski definition) is 2. The van der Waals surface area contributed by atoms with E-state index in [2.05, 4.69) is 13.8 Å². The summed E-state index contributed by atoms with van der Waals surface area (Å²) in [6.45, 7) is 6.12. The smallest absolute Gasteiger partial charge is 0.160 e. The third-order valence-corrected chi connectivity index (χ3v) is 2.89. The Morgan fingerprint density at radius 3 is 2.05 bits per heavy atom. The number of aromatic hydroxyl groups is 2. The van der Waals surface area contributed by atoms with Gasteiger partial charge in [0, 0.05) is 0 Å². The van der Waals surface area contributed by atoms with Gasteiger partial charge in [0.1, 0.15) is 5.75 Å². The minimum Gasteiger partial charge on any atom is -0.508 e. The van der Waals surface area contributed by atoms with Gasteiger partial charge in [0.15, 0.2) is 11.5 Å². The van der Waals surface area contributed by atoms with Gasteiger partial charge in [-0.05, 0) is 42.2 Å². The normalized spacial score (nSPS) is 9.85. The van der Waals surface area contributed by atoms with Gasteiger partial charge in [-0.25, -0.2) is 0 Å². The molecule has 0 radical (unpaired) electrons. The van der Waals surface area contributed by atoms with Crippen LogP contribution < -0.4 is 4.74 Å². The molecule has 0 spiro atoms. The summed E-state index contributed by atoms with van der Waals surface area (Å²) in [6.07, 6.45) is 0. The number of ether oxygens (including phenoxy) is 1. The molecule has 0 aliphatic heterocycles. The fourth-order valence-corrected chi connectivity index (χ4v) is 1.77. The van der Waals surface area contributed by atoms with E-state index < -0.39 is 0 Å². The molecule has 0 bridgehead atoms. The van der Waals surface area contributed by atoms with Crippen molar-refractivity contribution in [1.82, 2.24) is 0 Å². The monoisotopic (exact) mass is 274 g/mol. The maximum Gasteiger partial charge on any atom is 0.160 e. The van der Waals surface area contributed by atoms with Gasteiger partial charge in [0.05, 0.1) is 7.11 Å². The summed E-state index contributed by atoms with van der Waals surface area (Å²) in [5.41, 5.74) is 2.13. The lowest BCUT2D eigenvalue weighted by atomic mass is 10.0. The molecule has 0 saturated heterocycles. The van der Waals surface area contributed by atoms with E-state index in [1.165, 1.54) is 7.11 Å². The van der Waals surface area contributed by atoms with Crippen LogP contribution in [0, 0.1) is 6.92 Å². The lowest BCUT2D eigenvalue weighted by molar-refractivity contribution is 0.373. The third kappa shape index (κ3) is 4.50. The van der Waals surface area contributed by atoms with Crippen molar-refractivity contribution in [2.24, 2.45) is 0 Å². The van der Waals surface area contributed by atoms with E-state index >= 15 is 0 Å². The van der Waals surface area contributed by atoms with Crippen LogP contribution in [0.1, 0.15) is 30.9 Å². The molecule has 2 N–H and O–H groups in total. The number of aryl methyl sites for hydroxylation is 1. The second kappa shape index (κ2) is 7.43. The Hall–Kier alpha value is -2.16. The number of phenols is 2. The fourth-order valence-electron chi connectivity index (χ4n) is 1.77. The van der Waals surface area contributed by atoms with Crippen LogP contribution in [0.4, 0.5) is 0 Å². The Kier molecular flexibility index (Phi) is 5.91. The van der Waals surface area contributed by atoms with E-state index in [-0.39, 0.29) is 5.75 Å². The quantitative estimate of drug-likeness (QED) is 0.861. The van der Waals surface area contributed by atoms with Gasteiger partial charge in [-0.2, -0.15) is 0 Å². The first kappa shape index (κ1) is 15.9. The van der Waals surface area contributed by atoms with Gasteiger partial charge >= 0.3 is 0 Å². The van der Waals surface area contributed by atoms with E-state index in [0.29, 0.717) is 17.4 Å². The second-order valence-electron chi connectivity index (χ2n) is 4.89. The van der Waals surface area contributed by atoms with Crippen molar-refractivity contribution in [3.8, 4) is 17.2 Å². The first-order valence-electron chi connectivity index (χ1n) is 6.57. The fraction of sp³-hybridized carbons (Fsp3) is 0.294. The summed E-state index contributed by atoms with van der Waals surface area (Å²) in [5.74, 6) is 1.51. The highest BCUT2D eigenvalue weighted by atomic mass is 16.5. The van der Waals surface area contributed by atoms with Gasteiger partial charge in [-0.3, -0.25) is 0 Å². The highest BCUT2D eigenvalue weighted by molar-refractivity contribution is 5.38. The van der Waals surface area contributed by atoms with Gasteiger partial charge < -0.3 is 14.9 Å². The Morgan fingerprint density at radius 1 is 0.950 bits per heavy atom. The number of rotatable bonds is 2. The number of phenolic OH excluding ortho intramolecular Hbond substituents is 2. The highest BCUT2D eigenvalue weighted by Crippen LogP contribution is 2.25. The van der Waals surface area contributed by atoms with Crippen LogP contribution in [0.25, 0.3) is 0 Å². The van der Waals surface area contributed by atoms with Crippen molar-refractivity contribution in [2.45, 2.75) is 26.7 Å². The Morgan fingerprint density at radius 2 is 1.60 bits per heavy atom. The van der Waals surface area contributed by atoms with Crippen LogP contribution in [-0.4, -0.2) is 17.3 Å². The van der Waals surface area contributed by atoms with Gasteiger partial charge in [0.25, 0.3) is 0 Å². The molecule has 0 aliphatic carbocycles. The van der Waals surface area contributed by atoms with Crippen molar-refractivity contribution in [2.75, 3.05) is 7.11 Å². The van der Waals surface area contributed by atoms with Crippen molar-refractivity contribution in [3.05, 3.63) is 53.6 Å². The van der Waals surface area contributed by atoms with Crippen LogP contribution >= 0.6 is 0 Å². The Balaban J connectivity index is 0.000000204. The minimum atomic E-state index is 0.181. The molecule has 108 valence electrons. The predicted molar refractivity (Wildman–Crippen MR) is 81.6 cm³/mol. The highest BCUT2D eigenvalue weighted by Gasteiger charge is 2.03. The van der Waals surface area contributed by atoms with Crippen LogP contribution in [-0.2, 0) is 0 Å². The number of benzene rings is 2. The molecule has 0 aromatic heterocycles. The van der Waals surface area contributed by atoms with E-state index in [1.807, 2.05) is 19.1 Å². The molecule has 3 heteroatoms. The maximum absolute atomic E-state index is 9.46. The molecule has 0 fully saturated rings. The summed E-state index contributed by atoms with van der Waals surface area (Å²) in [4.78, 5) is 0. The van der Waals surface area contributed by atoms with Crippen LogP contribution in [0.15, 0.2) is 42.5 Å². The van der Waals surface area contributed by atoms with Gasteiger partial charge in [-0.1, -0.05) is 38.1 Å². The summed E-state index contributed by atoms with van der Waals surface area (Å²) >= 11 is 0. The molecule has 0 heterocycles. The topological polar surface area (TPSA) is 49.7 Å². The van der Waals surface area contributed by atoms with Crippen molar-refractivity contribution >= 4 is 0 Å². The SMILES string of the molecule is COc1ccccc1O.Cc1ccc(C(C)C)c(O)c1. The van der Waals surface area contributed by atoms with Crippen molar-refractivity contribution < 1.29 is 14.9 Å². The molecule has 20 heavy (non-hydrogen) atoms. The van der Waals surface area contributed by atoms with Gasteiger partial charge in [0.2, 0.25) is 0 Å². The van der Waals surface area contributed by atoms with E-state index in [4.69, 9.17) is 9.84 Å². The summed E-state index contributed by atoms with van der Waals surface area (Å²) in [7, 11) is 1.52. The summed E-state index contributed by atoms with van der Waals surface area (Å²) in [5, 5.41) is 18.4. The largest absolute Gasteiger partial charge is 0.508 e. The lowest BCUT2D eigenvalue weighted by Crippen LogP contribution is -1.87. The first-order valence-corrected chi connectivity index (χ1v) is 6.57. The molecule has 2 aromatic rings. The predicted octanol–water partition coefficient (Wildman–Crippen LogP) is 4.22. The van der Waals surface area contributed by atoms with Crippen LogP contribution in [0.2, 0.25) is 0 Å². The number of hydrogen-bond acceptors (Lipinski definition) is 3. The minimum absolute atomic E-state index is 0.181. The molecule has 0 amide bonds. The van der Waals surface area contributed by atoms with E-state index in [0.717, 1.165) is 11.1 Å². The van der Waals surface area contributed by atoms with E-state index in [9.17, 15) is 5.11 Å². The van der Waals surface area contributed by atoms with Crippen molar-refractivity contribution in [1.29, 1.82) is 0 Å². The third-order valence-electron chi connectivity index (χ3n) is 2.89. The number of methoxy groups -OCH3 is 1. The number of para-hydroxylation sites is 2. The molecule has 2 aromatic carbocycles. The molecule has 0 saturated carbocycles. The molecule has 2 rings (SSSR count). The molecule has 0 atom stereocenters. The second-order valence-corrected chi connectivity index (χ2v) is 4.89. The zero-order valence-corrected chi connectivity index (χ0v) is 12.4. The van der Waals surface area contributed by atoms with Crippen molar-refractivity contribution in [3.63, 3.8) is 0 Å².